The maximum atomic E-state index is 8.29. The minimum absolute atomic E-state index is 0.479. The standard InChI is InChI=1S/C10H15N5O/c11-14-12-6-9-2-1-5-15(7-9)8-10-3-4-13-16-10/h3-4,9H,1-2,5-8H2. The lowest BCUT2D eigenvalue weighted by Crippen LogP contribution is -2.35. The van der Waals surface area contributed by atoms with E-state index in [0.29, 0.717) is 12.5 Å². The van der Waals surface area contributed by atoms with Crippen molar-refractivity contribution in [3.8, 4) is 0 Å². The van der Waals surface area contributed by atoms with Crippen LogP contribution in [0.15, 0.2) is 21.9 Å². The van der Waals surface area contributed by atoms with Crippen molar-refractivity contribution >= 4 is 0 Å². The highest BCUT2D eigenvalue weighted by Crippen LogP contribution is 2.18. The number of hydrogen-bond acceptors (Lipinski definition) is 4. The van der Waals surface area contributed by atoms with Gasteiger partial charge in [0.1, 0.15) is 0 Å². The van der Waals surface area contributed by atoms with Crippen LogP contribution < -0.4 is 0 Å². The Kier molecular flexibility index (Phi) is 3.80. The Labute approximate surface area is 93.8 Å². The van der Waals surface area contributed by atoms with Crippen molar-refractivity contribution in [2.75, 3.05) is 19.6 Å². The lowest BCUT2D eigenvalue weighted by atomic mass is 9.98. The lowest BCUT2D eigenvalue weighted by Gasteiger charge is -2.31. The molecule has 1 atom stereocenters. The van der Waals surface area contributed by atoms with E-state index >= 15 is 0 Å². The summed E-state index contributed by atoms with van der Waals surface area (Å²) in [4.78, 5) is 5.13. The first-order valence-corrected chi connectivity index (χ1v) is 5.51. The van der Waals surface area contributed by atoms with Crippen LogP contribution >= 0.6 is 0 Å². The quantitative estimate of drug-likeness (QED) is 0.444. The Bertz CT molecular complexity index is 357. The molecule has 0 amide bonds. The number of hydrogen-bond donors (Lipinski definition) is 0. The van der Waals surface area contributed by atoms with Crippen molar-refractivity contribution in [1.82, 2.24) is 10.1 Å². The van der Waals surface area contributed by atoms with Crippen molar-refractivity contribution in [2.24, 2.45) is 11.0 Å². The molecule has 6 nitrogen and oxygen atoms in total. The summed E-state index contributed by atoms with van der Waals surface area (Å²) in [6, 6.07) is 1.89. The van der Waals surface area contributed by atoms with Crippen LogP contribution in [-0.2, 0) is 6.54 Å². The highest BCUT2D eigenvalue weighted by Gasteiger charge is 2.19. The first-order valence-electron chi connectivity index (χ1n) is 5.51. The van der Waals surface area contributed by atoms with Crippen LogP contribution in [0.3, 0.4) is 0 Å². The zero-order chi connectivity index (χ0) is 11.2. The minimum atomic E-state index is 0.479. The smallest absolute Gasteiger partial charge is 0.150 e. The van der Waals surface area contributed by atoms with Gasteiger partial charge in [0.15, 0.2) is 5.76 Å². The van der Waals surface area contributed by atoms with Crippen molar-refractivity contribution in [2.45, 2.75) is 19.4 Å². The molecule has 1 aromatic rings. The zero-order valence-corrected chi connectivity index (χ0v) is 9.12. The molecule has 0 aromatic carbocycles. The second-order valence-corrected chi connectivity index (χ2v) is 4.14. The van der Waals surface area contributed by atoms with E-state index in [0.717, 1.165) is 38.2 Å². The molecule has 0 saturated carbocycles. The van der Waals surface area contributed by atoms with Crippen LogP contribution in [0.5, 0.6) is 0 Å². The van der Waals surface area contributed by atoms with Gasteiger partial charge >= 0.3 is 0 Å². The third kappa shape index (κ3) is 2.98. The molecule has 0 bridgehead atoms. The number of aromatic nitrogens is 1. The number of nitrogens with zero attached hydrogens (tertiary/aromatic N) is 5. The van der Waals surface area contributed by atoms with E-state index in [4.69, 9.17) is 10.1 Å². The average molecular weight is 221 g/mol. The van der Waals surface area contributed by atoms with Crippen molar-refractivity contribution in [1.29, 1.82) is 0 Å². The molecule has 2 heterocycles. The van der Waals surface area contributed by atoms with Crippen LogP contribution in [-0.4, -0.2) is 29.7 Å². The third-order valence-electron chi connectivity index (χ3n) is 2.88. The van der Waals surface area contributed by atoms with Gasteiger partial charge in [-0.05, 0) is 30.8 Å². The first kappa shape index (κ1) is 11.0. The fourth-order valence-corrected chi connectivity index (χ4v) is 2.14. The van der Waals surface area contributed by atoms with Gasteiger partial charge in [-0.2, -0.15) is 0 Å². The fourth-order valence-electron chi connectivity index (χ4n) is 2.14. The Hall–Kier alpha value is -1.52. The van der Waals surface area contributed by atoms with Gasteiger partial charge in [0.2, 0.25) is 0 Å². The molecule has 0 spiro atoms. The Morgan fingerprint density at radius 2 is 2.62 bits per heavy atom. The monoisotopic (exact) mass is 221 g/mol. The summed E-state index contributed by atoms with van der Waals surface area (Å²) in [5.74, 6) is 1.37. The molecule has 86 valence electrons. The van der Waals surface area contributed by atoms with Crippen LogP contribution in [0.2, 0.25) is 0 Å². The van der Waals surface area contributed by atoms with E-state index < -0.39 is 0 Å². The van der Waals surface area contributed by atoms with Crippen LogP contribution in [0.4, 0.5) is 0 Å². The van der Waals surface area contributed by atoms with Crippen LogP contribution in [0, 0.1) is 5.92 Å². The summed E-state index contributed by atoms with van der Waals surface area (Å²) in [5.41, 5.74) is 8.29. The summed E-state index contributed by atoms with van der Waals surface area (Å²) < 4.78 is 5.08. The second kappa shape index (κ2) is 5.53. The topological polar surface area (TPSA) is 78.0 Å². The van der Waals surface area contributed by atoms with Crippen molar-refractivity contribution in [3.05, 3.63) is 28.5 Å². The minimum Gasteiger partial charge on any atom is -0.360 e. The number of rotatable bonds is 4. The van der Waals surface area contributed by atoms with Crippen molar-refractivity contribution in [3.63, 3.8) is 0 Å². The van der Waals surface area contributed by atoms with Gasteiger partial charge in [-0.25, -0.2) is 0 Å². The van der Waals surface area contributed by atoms with Crippen molar-refractivity contribution < 1.29 is 4.52 Å². The van der Waals surface area contributed by atoms with Gasteiger partial charge in [0.25, 0.3) is 0 Å². The molecule has 6 heteroatoms. The van der Waals surface area contributed by atoms with Crippen LogP contribution in [0.1, 0.15) is 18.6 Å². The Morgan fingerprint density at radius 3 is 3.38 bits per heavy atom. The number of piperidine rings is 1. The molecule has 1 aliphatic heterocycles. The summed E-state index contributed by atoms with van der Waals surface area (Å²) in [6.45, 7) is 3.45. The molecule has 0 aliphatic carbocycles. The van der Waals surface area contributed by atoms with E-state index in [1.165, 1.54) is 0 Å². The normalized spacial score (nSPS) is 21.6. The maximum Gasteiger partial charge on any atom is 0.150 e. The highest BCUT2D eigenvalue weighted by molar-refractivity contribution is 4.93. The van der Waals surface area contributed by atoms with Gasteiger partial charge in [-0.1, -0.05) is 10.3 Å². The van der Waals surface area contributed by atoms with Gasteiger partial charge in [-0.3, -0.25) is 4.90 Å². The summed E-state index contributed by atoms with van der Waals surface area (Å²) in [7, 11) is 0. The van der Waals surface area contributed by atoms with Gasteiger partial charge in [0, 0.05) is 24.1 Å². The summed E-state index contributed by atoms with van der Waals surface area (Å²) in [5, 5.41) is 7.33. The molecule has 2 rings (SSSR count). The molecule has 1 unspecified atom stereocenters. The molecular formula is C10H15N5O. The fraction of sp³-hybridized carbons (Fsp3) is 0.700. The molecule has 0 radical (unpaired) electrons. The Balaban J connectivity index is 1.84. The summed E-state index contributed by atoms with van der Waals surface area (Å²) >= 11 is 0. The zero-order valence-electron chi connectivity index (χ0n) is 9.12. The summed E-state index contributed by atoms with van der Waals surface area (Å²) in [6.07, 6.45) is 3.96. The number of likely N-dealkylation sites (tertiary alicyclic amines) is 1. The molecule has 1 aliphatic rings. The number of azide groups is 1. The van der Waals surface area contributed by atoms with Gasteiger partial charge in [-0.15, -0.1) is 0 Å². The van der Waals surface area contributed by atoms with E-state index in [2.05, 4.69) is 20.1 Å². The largest absolute Gasteiger partial charge is 0.360 e. The maximum absolute atomic E-state index is 8.29. The SMILES string of the molecule is [N-]=[N+]=NCC1CCCN(Cc2ccno2)C1. The predicted molar refractivity (Wildman–Crippen MR) is 58.5 cm³/mol. The predicted octanol–water partition coefficient (Wildman–Crippen LogP) is 2.20. The molecule has 16 heavy (non-hydrogen) atoms. The second-order valence-electron chi connectivity index (χ2n) is 4.14. The van der Waals surface area contributed by atoms with Crippen LogP contribution in [0.25, 0.3) is 10.4 Å². The molecular weight excluding hydrogens is 206 g/mol. The van der Waals surface area contributed by atoms with E-state index in [9.17, 15) is 0 Å². The van der Waals surface area contributed by atoms with E-state index in [1.807, 2.05) is 6.07 Å². The van der Waals surface area contributed by atoms with E-state index in [-0.39, 0.29) is 0 Å². The highest BCUT2D eigenvalue weighted by atomic mass is 16.5. The third-order valence-corrected chi connectivity index (χ3v) is 2.88. The van der Waals surface area contributed by atoms with Gasteiger partial charge < -0.3 is 4.52 Å². The molecule has 1 aromatic heterocycles. The lowest BCUT2D eigenvalue weighted by molar-refractivity contribution is 0.155. The first-order chi connectivity index (χ1) is 7.88. The molecule has 1 fully saturated rings. The van der Waals surface area contributed by atoms with E-state index in [1.54, 1.807) is 6.20 Å². The molecule has 1 saturated heterocycles. The van der Waals surface area contributed by atoms with Gasteiger partial charge in [0.05, 0.1) is 12.7 Å². The molecule has 0 N–H and O–H groups in total. The average Bonchev–Trinajstić information content (AvgIpc) is 2.80. The Morgan fingerprint density at radius 1 is 1.69 bits per heavy atom.